The second kappa shape index (κ2) is 25.9. The molecular weight excluding hydrogens is 1100 g/mol. The van der Waals surface area contributed by atoms with Crippen molar-refractivity contribution in [2.75, 3.05) is 25.1 Å². The van der Waals surface area contributed by atoms with Gasteiger partial charge in [0.2, 0.25) is 47.2 Å². The molecule has 422 valence electrons. The number of nitrogens with two attached hydrogens (primary N) is 2. The number of imidazole rings is 1. The third-order valence-corrected chi connectivity index (χ3v) is 14.5. The molecule has 1 aromatic carbocycles. The Morgan fingerprint density at radius 1 is 0.938 bits per heavy atom. The number of allylic oxidation sites excluding steroid dienone is 2. The molecule has 1 fully saturated rings. The summed E-state index contributed by atoms with van der Waals surface area (Å²) in [5.41, 5.74) is 13.4. The van der Waals surface area contributed by atoms with E-state index in [0.717, 1.165) is 11.3 Å². The molecule has 0 spiro atoms. The number of aliphatic carboxylic acids is 1. The summed E-state index contributed by atoms with van der Waals surface area (Å²) < 4.78 is 21.0. The van der Waals surface area contributed by atoms with Gasteiger partial charge >= 0.3 is 17.8 Å². The molecule has 0 saturated carbocycles. The molecule has 1 saturated heterocycles. The Bertz CT molecular complexity index is 3580. The molecule has 6 aromatic rings. The van der Waals surface area contributed by atoms with Crippen LogP contribution in [0.25, 0.3) is 21.4 Å². The van der Waals surface area contributed by atoms with Gasteiger partial charge in [-0.25, -0.2) is 24.7 Å². The number of nitrogens with zero attached hydrogens (tertiary/aromatic N) is 8. The summed E-state index contributed by atoms with van der Waals surface area (Å²) in [7, 11) is 0. The maximum Gasteiger partial charge on any atom is 0.328 e. The Hall–Kier alpha value is -8.64. The molecule has 0 aliphatic carbocycles. The number of benzene rings is 1. The molecule has 1 aliphatic heterocycles. The average Bonchev–Trinajstić information content (AvgIpc) is 4.36. The first-order chi connectivity index (χ1) is 38.1. The van der Waals surface area contributed by atoms with E-state index in [1.807, 2.05) is 13.8 Å². The van der Waals surface area contributed by atoms with Gasteiger partial charge in [0.15, 0.2) is 16.3 Å². The number of pyridine rings is 1. The number of aromatic nitrogens is 6. The van der Waals surface area contributed by atoms with Crippen LogP contribution in [0.5, 0.6) is 5.75 Å². The molecule has 7 rings (SSSR count). The van der Waals surface area contributed by atoms with Gasteiger partial charge in [0.25, 0.3) is 5.91 Å². The van der Waals surface area contributed by atoms with E-state index < -0.39 is 89.5 Å². The molecule has 8 N–H and O–H groups in total. The van der Waals surface area contributed by atoms with Gasteiger partial charge in [0.1, 0.15) is 34.8 Å². The molecule has 6 heterocycles. The second-order valence-corrected chi connectivity index (χ2v) is 20.8. The first-order valence-electron chi connectivity index (χ1n) is 24.8. The van der Waals surface area contributed by atoms with Crippen LogP contribution < -0.4 is 37.0 Å². The van der Waals surface area contributed by atoms with Crippen molar-refractivity contribution in [2.45, 2.75) is 104 Å². The number of carboxylic acids is 1. The van der Waals surface area contributed by atoms with Crippen LogP contribution in [0.1, 0.15) is 110 Å². The number of thiazole rings is 2. The first kappa shape index (κ1) is 59.0. The maximum atomic E-state index is 13.9. The number of amides is 8. The normalized spacial score (nSPS) is 14.4. The number of oxazole rings is 1. The Kier molecular flexibility index (Phi) is 19.1. The predicted molar refractivity (Wildman–Crippen MR) is 290 cm³/mol. The SMILES string of the molecule is CCc1nc(C)oc1C(=O)N=c1sc2cc(C(N)=O)cnc2n1C/C=C/Cn1c(NC(=O)c2sc(C)nc2CC)nc2cc(C(N)=O)cc(OCCCOC(=O)[C@H](C)NC(=O)[C@H](CCC(=O)O)NC(=O)CN3C(=O)CC(S)C3=O)c21. The van der Waals surface area contributed by atoms with Crippen LogP contribution in [0.15, 0.2) is 46.0 Å². The Labute approximate surface area is 467 Å². The summed E-state index contributed by atoms with van der Waals surface area (Å²) in [6, 6.07) is 1.61. The highest BCUT2D eigenvalue weighted by molar-refractivity contribution is 7.81. The number of esters is 1. The van der Waals surface area contributed by atoms with Crippen molar-refractivity contribution in [3.8, 4) is 5.75 Å². The number of aryl methyl sites for hydroxylation is 4. The first-order valence-corrected chi connectivity index (χ1v) is 27.0. The van der Waals surface area contributed by atoms with Crippen molar-refractivity contribution in [1.29, 1.82) is 0 Å². The number of carbonyl (C=O) groups excluding carboxylic acids is 9. The lowest BCUT2D eigenvalue weighted by molar-refractivity contribution is -0.148. The number of hydrogen-bond acceptors (Lipinski definition) is 20. The molecule has 30 heteroatoms. The van der Waals surface area contributed by atoms with Crippen molar-refractivity contribution in [3.05, 3.63) is 85.4 Å². The van der Waals surface area contributed by atoms with Gasteiger partial charge in [-0.1, -0.05) is 37.3 Å². The molecule has 5 aromatic heterocycles. The van der Waals surface area contributed by atoms with Crippen LogP contribution in [0.4, 0.5) is 5.95 Å². The van der Waals surface area contributed by atoms with E-state index in [1.165, 1.54) is 36.6 Å². The van der Waals surface area contributed by atoms with Crippen LogP contribution in [-0.4, -0.2) is 135 Å². The molecule has 0 bridgehead atoms. The number of carbonyl (C=O) groups is 10. The highest BCUT2D eigenvalue weighted by Gasteiger charge is 2.38. The molecular formula is C50H55N13O14S3. The fourth-order valence-electron chi connectivity index (χ4n) is 8.18. The van der Waals surface area contributed by atoms with Crippen molar-refractivity contribution in [2.24, 2.45) is 16.5 Å². The number of thiol groups is 1. The van der Waals surface area contributed by atoms with Gasteiger partial charge < -0.3 is 45.7 Å². The highest BCUT2D eigenvalue weighted by Crippen LogP contribution is 2.32. The Morgan fingerprint density at radius 2 is 1.65 bits per heavy atom. The molecule has 0 radical (unpaired) electrons. The van der Waals surface area contributed by atoms with E-state index in [4.69, 9.17) is 30.3 Å². The van der Waals surface area contributed by atoms with Crippen LogP contribution in [0, 0.1) is 13.8 Å². The largest absolute Gasteiger partial charge is 0.491 e. The third-order valence-electron chi connectivity index (χ3n) is 12.1. The van der Waals surface area contributed by atoms with E-state index >= 15 is 0 Å². The minimum Gasteiger partial charge on any atom is -0.491 e. The van der Waals surface area contributed by atoms with E-state index in [9.17, 15) is 53.1 Å². The highest BCUT2D eigenvalue weighted by atomic mass is 32.1. The zero-order valence-electron chi connectivity index (χ0n) is 43.7. The standard InChI is InChI=1S/C50H55N13O14S3/c1-6-28-39(77-24(4)55-28)45(71)60-50-62(43-34(80-50)19-27(21-53-43)42(52)69)14-9-8-13-61-38-31(58-49(61)59-46(72)40-29(7-2)56-25(5)79-40)17-26(41(51)68)18-32(38)75-15-10-16-76-48(74)23(3)54-44(70)30(11-12-37(66)67)57-35(64)22-63-36(65)20-33(78)47(63)73/h8-9,17-19,21,23,30,33,78H,6-7,10-16,20,22H2,1-5H3,(H2,51,68)(H2,52,69)(H,54,70)(H,57,64)(H,66,67)(H,58,59,72)/b9-8+,60-50?/t23-,30-,33?/m0/s1. The van der Waals surface area contributed by atoms with Gasteiger partial charge in [0.05, 0.1) is 50.6 Å². The fourth-order valence-corrected chi connectivity index (χ4v) is 10.4. The number of carboxylic acid groups (broad SMARTS) is 1. The van der Waals surface area contributed by atoms with E-state index in [0.29, 0.717) is 60.8 Å². The summed E-state index contributed by atoms with van der Waals surface area (Å²) in [4.78, 5) is 151. The monoisotopic (exact) mass is 1160 g/mol. The lowest BCUT2D eigenvalue weighted by atomic mass is 10.1. The molecule has 27 nitrogen and oxygen atoms in total. The lowest BCUT2D eigenvalue weighted by Crippen LogP contribution is -2.53. The Morgan fingerprint density at radius 3 is 2.31 bits per heavy atom. The lowest BCUT2D eigenvalue weighted by Gasteiger charge is -2.22. The quantitative estimate of drug-likeness (QED) is 0.0142. The van der Waals surface area contributed by atoms with Gasteiger partial charge in [0, 0.05) is 51.0 Å². The van der Waals surface area contributed by atoms with Gasteiger partial charge in [-0.15, -0.1) is 11.3 Å². The van der Waals surface area contributed by atoms with Crippen molar-refractivity contribution >= 4 is 122 Å². The number of nitrogens with one attached hydrogen (secondary N) is 3. The summed E-state index contributed by atoms with van der Waals surface area (Å²) >= 11 is 6.32. The van der Waals surface area contributed by atoms with Crippen molar-refractivity contribution in [3.63, 3.8) is 0 Å². The summed E-state index contributed by atoms with van der Waals surface area (Å²) in [6.07, 6.45) is 4.59. The van der Waals surface area contributed by atoms with Gasteiger partial charge in [-0.05, 0) is 51.3 Å². The zero-order valence-corrected chi connectivity index (χ0v) is 46.3. The van der Waals surface area contributed by atoms with Crippen LogP contribution in [-0.2, 0) is 59.4 Å². The molecule has 1 unspecified atom stereocenters. The van der Waals surface area contributed by atoms with E-state index in [2.05, 4.69) is 48.5 Å². The van der Waals surface area contributed by atoms with Gasteiger partial charge in [-0.2, -0.15) is 17.6 Å². The number of likely N-dealkylation sites (tertiary alicyclic amines) is 1. The smallest absolute Gasteiger partial charge is 0.328 e. The molecule has 1 aliphatic rings. The number of anilines is 1. The van der Waals surface area contributed by atoms with Crippen molar-refractivity contribution in [1.82, 2.24) is 44.6 Å². The van der Waals surface area contributed by atoms with E-state index in [-0.39, 0.29) is 84.5 Å². The number of hydrogen-bond donors (Lipinski definition) is 7. The van der Waals surface area contributed by atoms with Crippen LogP contribution >= 0.6 is 35.3 Å². The zero-order chi connectivity index (χ0) is 58.1. The summed E-state index contributed by atoms with van der Waals surface area (Å²) in [5.74, 6) is -7.62. The van der Waals surface area contributed by atoms with E-state index in [1.54, 1.807) is 41.2 Å². The molecule has 8 amide bonds. The minimum atomic E-state index is -1.47. The summed E-state index contributed by atoms with van der Waals surface area (Å²) in [6.45, 7) is 7.39. The second-order valence-electron chi connectivity index (χ2n) is 17.9. The molecule has 3 atom stereocenters. The number of fused-ring (bicyclic) bond motifs is 2. The number of primary amides is 2. The van der Waals surface area contributed by atoms with Crippen molar-refractivity contribution < 1.29 is 66.9 Å². The minimum absolute atomic E-state index is 0.0129. The topological polar surface area (TPSA) is 388 Å². The van der Waals surface area contributed by atoms with Crippen LogP contribution in [0.3, 0.4) is 0 Å². The number of rotatable bonds is 25. The number of ether oxygens (including phenoxy) is 2. The fraction of sp³-hybridized carbons (Fsp3) is 0.380. The third kappa shape index (κ3) is 14.0. The maximum absolute atomic E-state index is 13.9. The van der Waals surface area contributed by atoms with Crippen LogP contribution in [0.2, 0.25) is 0 Å². The van der Waals surface area contributed by atoms with Gasteiger partial charge in [-0.3, -0.25) is 57.9 Å². The molecule has 80 heavy (non-hydrogen) atoms. The number of imide groups is 1. The summed E-state index contributed by atoms with van der Waals surface area (Å²) in [5, 5.41) is 16.6. The Balaban J connectivity index is 1.10. The predicted octanol–water partition coefficient (Wildman–Crippen LogP) is 2.30. The average molecular weight is 1160 g/mol.